The van der Waals surface area contributed by atoms with Crippen LogP contribution in [0.3, 0.4) is 0 Å². The van der Waals surface area contributed by atoms with E-state index in [2.05, 4.69) is 6.58 Å². The second kappa shape index (κ2) is 8.68. The second-order valence-corrected chi connectivity index (χ2v) is 8.50. The van der Waals surface area contributed by atoms with Gasteiger partial charge in [-0.1, -0.05) is 55.1 Å². The van der Waals surface area contributed by atoms with E-state index in [1.807, 2.05) is 25.1 Å². The lowest BCUT2D eigenvalue weighted by Gasteiger charge is -2.28. The molecule has 0 spiro atoms. The number of esters is 1. The number of aromatic hydroxyl groups is 2. The van der Waals surface area contributed by atoms with Gasteiger partial charge in [0.25, 0.3) is 0 Å². The molecule has 1 unspecified atom stereocenters. The van der Waals surface area contributed by atoms with Crippen LogP contribution in [0.25, 0.3) is 22.3 Å². The Morgan fingerprint density at radius 1 is 1.06 bits per heavy atom. The van der Waals surface area contributed by atoms with Crippen LogP contribution in [-0.4, -0.2) is 22.8 Å². The first kappa shape index (κ1) is 22.3. The van der Waals surface area contributed by atoms with E-state index >= 15 is 0 Å². The molecule has 35 heavy (non-hydrogen) atoms. The summed E-state index contributed by atoms with van der Waals surface area (Å²) in [5.41, 5.74) is 1.90. The molecule has 2 N–H and O–H groups in total. The maximum atomic E-state index is 13.1. The average Bonchev–Trinajstić information content (AvgIpc) is 2.85. The topological polar surface area (TPSA) is 106 Å². The van der Waals surface area contributed by atoms with E-state index < -0.39 is 28.8 Å². The smallest absolute Gasteiger partial charge is 0.312 e. The molecule has 1 aliphatic heterocycles. The van der Waals surface area contributed by atoms with E-state index in [9.17, 15) is 19.8 Å². The molecule has 0 saturated carbocycles. The largest absolute Gasteiger partial charge is 0.504 e. The van der Waals surface area contributed by atoms with Crippen molar-refractivity contribution in [1.29, 1.82) is 0 Å². The Balaban J connectivity index is 1.81. The number of hydrogen-bond acceptors (Lipinski definition) is 7. The fourth-order valence-corrected chi connectivity index (χ4v) is 4.32. The molecular weight excluding hydrogens is 448 g/mol. The minimum atomic E-state index is -0.702. The number of hydrogen-bond donors (Lipinski definition) is 2. The Labute approximate surface area is 200 Å². The highest BCUT2D eigenvalue weighted by atomic mass is 16.5. The summed E-state index contributed by atoms with van der Waals surface area (Å²) >= 11 is 0. The molecule has 1 aliphatic rings. The Bertz CT molecular complexity index is 1530. The van der Waals surface area contributed by atoms with E-state index in [4.69, 9.17) is 13.9 Å². The number of benzene rings is 3. The first-order chi connectivity index (χ1) is 16.8. The zero-order valence-electron chi connectivity index (χ0n) is 18.9. The standard InChI is InChI=1S/C28H22O7/c1-15(2)14-33-20-11-7-6-10-17(20)18-12-22(30)35-28-23(18)27-24(25(31)26(28)32)19(29)13-21(34-27)16-8-4-3-5-9-16/h3-11,13,18,31-32H,1,12,14H2,2H3. The molecule has 0 bridgehead atoms. The highest BCUT2D eigenvalue weighted by Gasteiger charge is 2.37. The zero-order valence-corrected chi connectivity index (χ0v) is 18.9. The SMILES string of the molecule is C=C(C)COc1ccccc1C1CC(=O)Oc2c(O)c(O)c3c(=O)cc(-c4ccccc4)oc3c21. The third-order valence-electron chi connectivity index (χ3n) is 5.88. The maximum Gasteiger partial charge on any atom is 0.312 e. The van der Waals surface area contributed by atoms with Crippen molar-refractivity contribution in [2.24, 2.45) is 0 Å². The van der Waals surface area contributed by atoms with E-state index in [1.54, 1.807) is 36.4 Å². The fourth-order valence-electron chi connectivity index (χ4n) is 4.32. The summed E-state index contributed by atoms with van der Waals surface area (Å²) in [4.78, 5) is 25.7. The van der Waals surface area contributed by atoms with E-state index in [0.29, 0.717) is 16.9 Å². The second-order valence-electron chi connectivity index (χ2n) is 8.50. The fraction of sp³-hybridized carbons (Fsp3) is 0.143. The molecule has 0 amide bonds. The zero-order chi connectivity index (χ0) is 24.7. The number of fused-ring (bicyclic) bond motifs is 3. The molecule has 0 aliphatic carbocycles. The number of phenols is 2. The molecule has 0 radical (unpaired) electrons. The van der Waals surface area contributed by atoms with Crippen LogP contribution in [-0.2, 0) is 4.79 Å². The van der Waals surface area contributed by atoms with Gasteiger partial charge in [-0.05, 0) is 18.6 Å². The average molecular weight is 470 g/mol. The van der Waals surface area contributed by atoms with Gasteiger partial charge in [-0.15, -0.1) is 0 Å². The van der Waals surface area contributed by atoms with Crippen LogP contribution in [0.5, 0.6) is 23.0 Å². The minimum absolute atomic E-state index is 0.0360. The van der Waals surface area contributed by atoms with Crippen molar-refractivity contribution in [3.8, 4) is 34.3 Å². The molecule has 0 fully saturated rings. The van der Waals surface area contributed by atoms with Gasteiger partial charge in [0.1, 0.15) is 29.1 Å². The van der Waals surface area contributed by atoms with Crippen LogP contribution in [0.15, 0.2) is 82.0 Å². The van der Waals surface area contributed by atoms with Crippen LogP contribution in [0.4, 0.5) is 0 Å². The van der Waals surface area contributed by atoms with Gasteiger partial charge in [-0.2, -0.15) is 0 Å². The lowest BCUT2D eigenvalue weighted by molar-refractivity contribution is -0.135. The third-order valence-corrected chi connectivity index (χ3v) is 5.88. The summed E-state index contributed by atoms with van der Waals surface area (Å²) in [5, 5.41) is 21.2. The Kier molecular flexibility index (Phi) is 5.53. The van der Waals surface area contributed by atoms with Crippen molar-refractivity contribution >= 4 is 16.9 Å². The highest BCUT2D eigenvalue weighted by Crippen LogP contribution is 2.53. The number of para-hydroxylation sites is 1. The first-order valence-corrected chi connectivity index (χ1v) is 11.0. The number of carbonyl (C=O) groups is 1. The molecule has 0 saturated heterocycles. The van der Waals surface area contributed by atoms with Gasteiger partial charge in [-0.3, -0.25) is 9.59 Å². The molecule has 5 rings (SSSR count). The molecule has 7 heteroatoms. The Morgan fingerprint density at radius 3 is 2.51 bits per heavy atom. The summed E-state index contributed by atoms with van der Waals surface area (Å²) in [6.07, 6.45) is -0.0843. The monoisotopic (exact) mass is 470 g/mol. The van der Waals surface area contributed by atoms with Crippen LogP contribution >= 0.6 is 0 Å². The van der Waals surface area contributed by atoms with Crippen molar-refractivity contribution < 1.29 is 28.9 Å². The summed E-state index contributed by atoms with van der Waals surface area (Å²) in [5.74, 6) is -2.11. The van der Waals surface area contributed by atoms with Gasteiger partial charge in [0.15, 0.2) is 16.9 Å². The number of rotatable bonds is 5. The predicted octanol–water partition coefficient (Wildman–Crippen LogP) is 5.27. The van der Waals surface area contributed by atoms with Crippen LogP contribution in [0.1, 0.15) is 30.4 Å². The Hall–Kier alpha value is -4.52. The predicted molar refractivity (Wildman–Crippen MR) is 130 cm³/mol. The molecule has 1 atom stereocenters. The van der Waals surface area contributed by atoms with E-state index in [0.717, 1.165) is 5.57 Å². The highest BCUT2D eigenvalue weighted by molar-refractivity contribution is 5.96. The number of carbonyl (C=O) groups excluding carboxylic acids is 1. The lowest BCUT2D eigenvalue weighted by atomic mass is 9.84. The van der Waals surface area contributed by atoms with E-state index in [-0.39, 0.29) is 41.1 Å². The molecule has 1 aromatic heterocycles. The normalized spacial score (nSPS) is 14.9. The minimum Gasteiger partial charge on any atom is -0.504 e. The van der Waals surface area contributed by atoms with Crippen LogP contribution in [0.2, 0.25) is 0 Å². The molecule has 4 aromatic rings. The van der Waals surface area contributed by atoms with E-state index in [1.165, 1.54) is 6.07 Å². The van der Waals surface area contributed by atoms with Gasteiger partial charge in [0.05, 0.1) is 12.0 Å². The summed E-state index contributed by atoms with van der Waals surface area (Å²) in [7, 11) is 0. The molecule has 176 valence electrons. The third kappa shape index (κ3) is 3.91. The van der Waals surface area contributed by atoms with Gasteiger partial charge in [0.2, 0.25) is 5.75 Å². The van der Waals surface area contributed by atoms with Crippen LogP contribution < -0.4 is 14.9 Å². The molecule has 7 nitrogen and oxygen atoms in total. The van der Waals surface area contributed by atoms with Crippen LogP contribution in [0, 0.1) is 0 Å². The summed E-state index contributed by atoms with van der Waals surface area (Å²) in [6, 6.07) is 17.5. The molecule has 2 heterocycles. The van der Waals surface area contributed by atoms with Gasteiger partial charge < -0.3 is 24.1 Å². The van der Waals surface area contributed by atoms with Crippen molar-refractivity contribution in [2.75, 3.05) is 6.61 Å². The van der Waals surface area contributed by atoms with Crippen molar-refractivity contribution in [3.05, 3.63) is 94.2 Å². The first-order valence-electron chi connectivity index (χ1n) is 11.0. The van der Waals surface area contributed by atoms with Crippen molar-refractivity contribution in [3.63, 3.8) is 0 Å². The summed E-state index contributed by atoms with van der Waals surface area (Å²) in [6.45, 7) is 5.97. The number of ether oxygens (including phenoxy) is 2. The summed E-state index contributed by atoms with van der Waals surface area (Å²) < 4.78 is 17.5. The number of phenolic OH excluding ortho intramolecular Hbond substituents is 2. The Morgan fingerprint density at radius 2 is 1.77 bits per heavy atom. The van der Waals surface area contributed by atoms with Gasteiger partial charge in [0, 0.05) is 23.1 Å². The lowest BCUT2D eigenvalue weighted by Crippen LogP contribution is -2.22. The molecule has 3 aromatic carbocycles. The molecular formula is C28H22O7. The maximum absolute atomic E-state index is 13.1. The van der Waals surface area contributed by atoms with Crippen molar-refractivity contribution in [2.45, 2.75) is 19.3 Å². The van der Waals surface area contributed by atoms with Gasteiger partial charge in [-0.25, -0.2) is 0 Å². The quantitative estimate of drug-likeness (QED) is 0.177. The van der Waals surface area contributed by atoms with Crippen molar-refractivity contribution in [1.82, 2.24) is 0 Å². The van der Waals surface area contributed by atoms with Gasteiger partial charge >= 0.3 is 5.97 Å².